The molecule has 0 unspecified atom stereocenters. The first kappa shape index (κ1) is 13.1. The minimum Gasteiger partial charge on any atom is -0.349 e. The lowest BCUT2D eigenvalue weighted by Crippen LogP contribution is -2.26. The number of rotatable bonds is 4. The third kappa shape index (κ3) is 2.82. The fourth-order valence-electron chi connectivity index (χ4n) is 1.94. The van der Waals surface area contributed by atoms with E-state index in [0.717, 1.165) is 18.4 Å². The highest BCUT2D eigenvalue weighted by atomic mass is 32.2. The number of carbonyl (C=O) groups is 1. The second-order valence-corrected chi connectivity index (χ2v) is 5.51. The number of nitrogens with one attached hydrogen (secondary N) is 1. The molecule has 0 saturated heterocycles. The van der Waals surface area contributed by atoms with E-state index < -0.39 is 0 Å². The fourth-order valence-corrected chi connectivity index (χ4v) is 2.28. The van der Waals surface area contributed by atoms with Crippen molar-refractivity contribution in [3.63, 3.8) is 0 Å². The van der Waals surface area contributed by atoms with Crippen molar-refractivity contribution < 1.29 is 4.79 Å². The summed E-state index contributed by atoms with van der Waals surface area (Å²) in [5, 5.41) is 3.67. The van der Waals surface area contributed by atoms with Crippen LogP contribution in [0.1, 0.15) is 23.2 Å². The second-order valence-electron chi connectivity index (χ2n) is 4.73. The first-order valence-corrected chi connectivity index (χ1v) is 7.77. The van der Waals surface area contributed by atoms with Crippen LogP contribution in [-0.2, 0) is 0 Å². The van der Waals surface area contributed by atoms with Crippen LogP contribution in [0.2, 0.25) is 0 Å². The molecule has 1 saturated carbocycles. The fraction of sp³-hybridized carbons (Fsp3) is 0.267. The molecule has 1 aliphatic rings. The molecular formula is C15H15N3OS. The summed E-state index contributed by atoms with van der Waals surface area (Å²) in [6.45, 7) is 0. The topological polar surface area (TPSA) is 54.9 Å². The maximum atomic E-state index is 12.3. The largest absolute Gasteiger partial charge is 0.349 e. The lowest BCUT2D eigenvalue weighted by Gasteiger charge is -2.09. The Morgan fingerprint density at radius 2 is 2.05 bits per heavy atom. The molecule has 0 aliphatic heterocycles. The summed E-state index contributed by atoms with van der Waals surface area (Å²) in [6.07, 6.45) is 5.68. The zero-order valence-electron chi connectivity index (χ0n) is 11.2. The van der Waals surface area contributed by atoms with Gasteiger partial charge in [-0.25, -0.2) is 9.97 Å². The quantitative estimate of drug-likeness (QED) is 0.693. The molecule has 3 rings (SSSR count). The summed E-state index contributed by atoms with van der Waals surface area (Å²) in [7, 11) is 0. The molecule has 0 bridgehead atoms. The van der Waals surface area contributed by atoms with Crippen molar-refractivity contribution in [2.24, 2.45) is 0 Å². The van der Waals surface area contributed by atoms with Gasteiger partial charge < -0.3 is 5.32 Å². The van der Waals surface area contributed by atoms with Crippen LogP contribution >= 0.6 is 11.8 Å². The maximum absolute atomic E-state index is 12.3. The maximum Gasteiger partial charge on any atom is 0.255 e. The van der Waals surface area contributed by atoms with Gasteiger partial charge in [-0.2, -0.15) is 0 Å². The first-order valence-electron chi connectivity index (χ1n) is 6.55. The van der Waals surface area contributed by atoms with Crippen molar-refractivity contribution in [1.82, 2.24) is 15.3 Å². The average Bonchev–Trinajstić information content (AvgIpc) is 3.31. The van der Waals surface area contributed by atoms with Crippen molar-refractivity contribution in [3.8, 4) is 11.3 Å². The van der Waals surface area contributed by atoms with Gasteiger partial charge in [0.25, 0.3) is 5.91 Å². The third-order valence-corrected chi connectivity index (χ3v) is 3.72. The smallest absolute Gasteiger partial charge is 0.255 e. The summed E-state index contributed by atoms with van der Waals surface area (Å²) in [4.78, 5) is 21.0. The van der Waals surface area contributed by atoms with E-state index in [4.69, 9.17) is 0 Å². The van der Waals surface area contributed by atoms with Crippen LogP contribution in [0.15, 0.2) is 41.7 Å². The second kappa shape index (κ2) is 5.63. The molecule has 1 aromatic carbocycles. The predicted molar refractivity (Wildman–Crippen MR) is 79.7 cm³/mol. The van der Waals surface area contributed by atoms with Crippen LogP contribution in [0.25, 0.3) is 11.3 Å². The molecule has 0 spiro atoms. The van der Waals surface area contributed by atoms with E-state index in [1.807, 2.05) is 36.6 Å². The number of thioether (sulfide) groups is 1. The Balaban J connectivity index is 2.01. The van der Waals surface area contributed by atoms with Crippen LogP contribution in [0.5, 0.6) is 0 Å². The van der Waals surface area contributed by atoms with Gasteiger partial charge in [-0.15, -0.1) is 0 Å². The van der Waals surface area contributed by atoms with Crippen LogP contribution in [0, 0.1) is 0 Å². The minimum atomic E-state index is -0.0843. The monoisotopic (exact) mass is 285 g/mol. The van der Waals surface area contributed by atoms with E-state index in [1.165, 1.54) is 11.8 Å². The highest BCUT2D eigenvalue weighted by Crippen LogP contribution is 2.25. The minimum absolute atomic E-state index is 0.0843. The van der Waals surface area contributed by atoms with Crippen molar-refractivity contribution >= 4 is 17.7 Å². The van der Waals surface area contributed by atoms with Gasteiger partial charge in [-0.1, -0.05) is 42.1 Å². The Bertz CT molecular complexity index is 626. The third-order valence-electron chi connectivity index (χ3n) is 3.15. The Morgan fingerprint density at radius 3 is 2.70 bits per heavy atom. The number of amides is 1. The summed E-state index contributed by atoms with van der Waals surface area (Å²) in [5.41, 5.74) is 2.18. The van der Waals surface area contributed by atoms with Gasteiger partial charge in [-0.05, 0) is 19.1 Å². The van der Waals surface area contributed by atoms with E-state index in [2.05, 4.69) is 15.3 Å². The Kier molecular flexibility index (Phi) is 3.69. The summed E-state index contributed by atoms with van der Waals surface area (Å²) >= 11 is 1.47. The average molecular weight is 285 g/mol. The molecule has 2 aromatic rings. The number of hydrogen-bond donors (Lipinski definition) is 1. The van der Waals surface area contributed by atoms with Crippen LogP contribution in [0.3, 0.4) is 0 Å². The standard InChI is InChI=1S/C15H15N3OS/c1-20-15-16-9-12(14(19)17-11-7-8-11)13(18-15)10-5-3-2-4-6-10/h2-6,9,11H,7-8H2,1H3,(H,17,19). The highest BCUT2D eigenvalue weighted by Gasteiger charge is 2.25. The summed E-state index contributed by atoms with van der Waals surface area (Å²) in [5.74, 6) is -0.0843. The van der Waals surface area contributed by atoms with E-state index >= 15 is 0 Å². The highest BCUT2D eigenvalue weighted by molar-refractivity contribution is 7.98. The molecule has 1 fully saturated rings. The van der Waals surface area contributed by atoms with Crippen molar-refractivity contribution in [3.05, 3.63) is 42.1 Å². The van der Waals surface area contributed by atoms with E-state index in [1.54, 1.807) is 6.20 Å². The Morgan fingerprint density at radius 1 is 1.30 bits per heavy atom. The first-order chi connectivity index (χ1) is 9.78. The molecule has 1 N–H and O–H groups in total. The number of aromatic nitrogens is 2. The summed E-state index contributed by atoms with van der Waals surface area (Å²) in [6, 6.07) is 10.1. The molecule has 0 radical (unpaired) electrons. The molecule has 5 heteroatoms. The SMILES string of the molecule is CSc1ncc(C(=O)NC2CC2)c(-c2ccccc2)n1. The van der Waals surface area contributed by atoms with Crippen molar-refractivity contribution in [2.45, 2.75) is 24.0 Å². The molecule has 1 heterocycles. The zero-order valence-corrected chi connectivity index (χ0v) is 12.0. The van der Waals surface area contributed by atoms with E-state index in [9.17, 15) is 4.79 Å². The molecule has 20 heavy (non-hydrogen) atoms. The van der Waals surface area contributed by atoms with Crippen LogP contribution < -0.4 is 5.32 Å². The number of benzene rings is 1. The lowest BCUT2D eigenvalue weighted by atomic mass is 10.1. The Labute approximate surface area is 122 Å². The molecule has 102 valence electrons. The molecular weight excluding hydrogens is 270 g/mol. The van der Waals surface area contributed by atoms with Gasteiger partial charge >= 0.3 is 0 Å². The van der Waals surface area contributed by atoms with E-state index in [0.29, 0.717) is 22.5 Å². The normalized spacial score (nSPS) is 14.1. The number of hydrogen-bond acceptors (Lipinski definition) is 4. The molecule has 1 amide bonds. The molecule has 0 atom stereocenters. The zero-order chi connectivity index (χ0) is 13.9. The van der Waals surface area contributed by atoms with Crippen molar-refractivity contribution in [1.29, 1.82) is 0 Å². The Hall–Kier alpha value is -1.88. The van der Waals surface area contributed by atoms with Gasteiger partial charge in [0.1, 0.15) is 0 Å². The van der Waals surface area contributed by atoms with Crippen LogP contribution in [0.4, 0.5) is 0 Å². The lowest BCUT2D eigenvalue weighted by molar-refractivity contribution is 0.0951. The predicted octanol–water partition coefficient (Wildman–Crippen LogP) is 2.76. The molecule has 1 aliphatic carbocycles. The van der Waals surface area contributed by atoms with Gasteiger partial charge in [0.05, 0.1) is 11.3 Å². The number of nitrogens with zero attached hydrogens (tertiary/aromatic N) is 2. The van der Waals surface area contributed by atoms with Crippen LogP contribution in [-0.4, -0.2) is 28.2 Å². The van der Waals surface area contributed by atoms with Crippen molar-refractivity contribution in [2.75, 3.05) is 6.26 Å². The van der Waals surface area contributed by atoms with Gasteiger partial charge in [-0.3, -0.25) is 4.79 Å². The van der Waals surface area contributed by atoms with E-state index in [-0.39, 0.29) is 5.91 Å². The molecule has 4 nitrogen and oxygen atoms in total. The number of carbonyl (C=O) groups excluding carboxylic acids is 1. The summed E-state index contributed by atoms with van der Waals surface area (Å²) < 4.78 is 0. The molecule has 1 aromatic heterocycles. The van der Waals surface area contributed by atoms with Gasteiger partial charge in [0.2, 0.25) is 0 Å². The van der Waals surface area contributed by atoms with Gasteiger partial charge in [0, 0.05) is 17.8 Å². The van der Waals surface area contributed by atoms with Gasteiger partial charge in [0.15, 0.2) is 5.16 Å².